The molecule has 130 valence electrons. The fraction of sp³-hybridized carbons (Fsp3) is 0.0556. The van der Waals surface area contributed by atoms with Crippen LogP contribution in [0, 0.1) is 17.1 Å². The van der Waals surface area contributed by atoms with E-state index in [0.29, 0.717) is 22.9 Å². The number of benzene rings is 2. The van der Waals surface area contributed by atoms with Crippen molar-refractivity contribution < 1.29 is 17.6 Å². The van der Waals surface area contributed by atoms with Crippen molar-refractivity contribution in [3.63, 3.8) is 0 Å². The molecule has 0 unspecified atom stereocenters. The molecule has 0 amide bonds. The van der Waals surface area contributed by atoms with Crippen LogP contribution >= 0.6 is 0 Å². The van der Waals surface area contributed by atoms with Crippen LogP contribution in [0.4, 0.5) is 17.6 Å². The molecule has 0 bridgehead atoms. The zero-order chi connectivity index (χ0) is 18.7. The molecule has 0 fully saturated rings. The minimum Gasteiger partial charge on any atom is -0.247 e. The summed E-state index contributed by atoms with van der Waals surface area (Å²) >= 11 is 0. The van der Waals surface area contributed by atoms with Crippen LogP contribution in [0.1, 0.15) is 22.4 Å². The van der Waals surface area contributed by atoms with Crippen LogP contribution in [-0.2, 0) is 6.18 Å². The summed E-state index contributed by atoms with van der Waals surface area (Å²) in [5, 5.41) is 18.9. The molecule has 0 atom stereocenters. The lowest BCUT2D eigenvalue weighted by atomic mass is 10.0. The Hall–Kier alpha value is -3.47. The Morgan fingerprint density at radius 1 is 1.08 bits per heavy atom. The Balaban J connectivity index is 1.94. The van der Waals surface area contributed by atoms with E-state index in [1.165, 1.54) is 18.2 Å². The predicted molar refractivity (Wildman–Crippen MR) is 86.9 cm³/mol. The van der Waals surface area contributed by atoms with Gasteiger partial charge in [0.2, 0.25) is 0 Å². The number of nitriles is 1. The number of aromatic amines is 1. The van der Waals surface area contributed by atoms with Gasteiger partial charge in [0.1, 0.15) is 17.6 Å². The van der Waals surface area contributed by atoms with Gasteiger partial charge in [0, 0.05) is 11.1 Å². The molecular formula is C18H10F4N4. The van der Waals surface area contributed by atoms with Gasteiger partial charge in [-0.2, -0.15) is 18.4 Å². The molecular weight excluding hydrogens is 348 g/mol. The molecule has 3 aromatic rings. The van der Waals surface area contributed by atoms with Crippen molar-refractivity contribution in [3.05, 3.63) is 70.7 Å². The number of nitrogens with one attached hydrogen (secondary N) is 1. The molecule has 2 aromatic carbocycles. The largest absolute Gasteiger partial charge is 0.419 e. The van der Waals surface area contributed by atoms with E-state index in [-0.39, 0.29) is 11.3 Å². The highest BCUT2D eigenvalue weighted by Gasteiger charge is 2.34. The number of nitrogens with zero attached hydrogens (tertiary/aromatic N) is 3. The normalized spacial score (nSPS) is 11.7. The third-order valence-corrected chi connectivity index (χ3v) is 3.61. The molecule has 0 saturated carbocycles. The van der Waals surface area contributed by atoms with Crippen molar-refractivity contribution in [2.45, 2.75) is 6.18 Å². The van der Waals surface area contributed by atoms with Gasteiger partial charge in [0.25, 0.3) is 0 Å². The van der Waals surface area contributed by atoms with Gasteiger partial charge in [-0.3, -0.25) is 0 Å². The summed E-state index contributed by atoms with van der Waals surface area (Å²) < 4.78 is 52.3. The van der Waals surface area contributed by atoms with Crippen molar-refractivity contribution in [1.29, 1.82) is 5.26 Å². The Morgan fingerprint density at radius 2 is 1.85 bits per heavy atom. The molecule has 26 heavy (non-hydrogen) atoms. The van der Waals surface area contributed by atoms with Crippen molar-refractivity contribution in [1.82, 2.24) is 15.4 Å². The minimum atomic E-state index is -4.76. The molecule has 0 spiro atoms. The summed E-state index contributed by atoms with van der Waals surface area (Å²) in [6.45, 7) is 0. The third-order valence-electron chi connectivity index (χ3n) is 3.61. The lowest BCUT2D eigenvalue weighted by Crippen LogP contribution is -2.08. The van der Waals surface area contributed by atoms with Gasteiger partial charge in [-0.15, -0.1) is 5.10 Å². The molecule has 0 aliphatic carbocycles. The number of alkyl halides is 3. The summed E-state index contributed by atoms with van der Waals surface area (Å²) in [5.74, 6) is -1.32. The molecule has 0 radical (unpaired) electrons. The highest BCUT2D eigenvalue weighted by atomic mass is 19.4. The predicted octanol–water partition coefficient (Wildman–Crippen LogP) is 4.67. The van der Waals surface area contributed by atoms with E-state index in [1.807, 2.05) is 6.07 Å². The Morgan fingerprint density at radius 3 is 2.58 bits per heavy atom. The number of aromatic nitrogens is 3. The minimum absolute atomic E-state index is 0.177. The van der Waals surface area contributed by atoms with Crippen LogP contribution in [-0.4, -0.2) is 15.4 Å². The fourth-order valence-electron chi connectivity index (χ4n) is 2.38. The maximum Gasteiger partial charge on any atom is 0.419 e. The summed E-state index contributed by atoms with van der Waals surface area (Å²) in [5.41, 5.74) is 0.259. The van der Waals surface area contributed by atoms with Gasteiger partial charge in [-0.1, -0.05) is 47.7 Å². The van der Waals surface area contributed by atoms with Crippen LogP contribution in [0.25, 0.3) is 23.4 Å². The standard InChI is InChI=1S/C18H10F4N4/c19-16-12(4-2-6-14(16)18(20,21)22)8-7-11-3-1-5-13(9-11)17-15(10-23)24-26-25-17/h1-9H,(H,24,25,26)/b8-7+. The van der Waals surface area contributed by atoms with E-state index in [2.05, 4.69) is 15.4 Å². The van der Waals surface area contributed by atoms with Crippen molar-refractivity contribution in [2.75, 3.05) is 0 Å². The number of H-pyrrole nitrogens is 1. The van der Waals surface area contributed by atoms with E-state index < -0.39 is 17.6 Å². The summed E-state index contributed by atoms with van der Waals surface area (Å²) in [6, 6.07) is 11.8. The van der Waals surface area contributed by atoms with Crippen LogP contribution in [0.2, 0.25) is 0 Å². The number of rotatable bonds is 3. The first-order chi connectivity index (χ1) is 12.4. The first kappa shape index (κ1) is 17.4. The molecule has 4 nitrogen and oxygen atoms in total. The quantitative estimate of drug-likeness (QED) is 0.546. The Bertz CT molecular complexity index is 1010. The van der Waals surface area contributed by atoms with Crippen molar-refractivity contribution >= 4 is 12.2 Å². The molecule has 1 heterocycles. The SMILES string of the molecule is N#Cc1[nH]nnc1-c1cccc(/C=C/c2cccc(C(F)(F)F)c2F)c1. The van der Waals surface area contributed by atoms with E-state index in [0.717, 1.165) is 6.07 Å². The molecule has 0 aliphatic heterocycles. The maximum atomic E-state index is 14.0. The van der Waals surface area contributed by atoms with Crippen LogP contribution in [0.3, 0.4) is 0 Å². The van der Waals surface area contributed by atoms with Crippen molar-refractivity contribution in [3.8, 4) is 17.3 Å². The monoisotopic (exact) mass is 358 g/mol. The van der Waals surface area contributed by atoms with Crippen LogP contribution < -0.4 is 0 Å². The summed E-state index contributed by atoms with van der Waals surface area (Å²) in [4.78, 5) is 0. The molecule has 1 N–H and O–H groups in total. The number of halogens is 4. The highest BCUT2D eigenvalue weighted by molar-refractivity contribution is 5.74. The van der Waals surface area contributed by atoms with E-state index in [4.69, 9.17) is 5.26 Å². The second-order valence-electron chi connectivity index (χ2n) is 5.31. The Labute approximate surface area is 145 Å². The molecule has 0 aliphatic rings. The number of hydrogen-bond donors (Lipinski definition) is 1. The fourth-order valence-corrected chi connectivity index (χ4v) is 2.38. The molecule has 8 heteroatoms. The van der Waals surface area contributed by atoms with Gasteiger partial charge >= 0.3 is 6.18 Å². The zero-order valence-corrected chi connectivity index (χ0v) is 13.0. The summed E-state index contributed by atoms with van der Waals surface area (Å²) in [7, 11) is 0. The van der Waals surface area contributed by atoms with Gasteiger partial charge in [0.05, 0.1) is 5.56 Å². The van der Waals surface area contributed by atoms with Crippen LogP contribution in [0.5, 0.6) is 0 Å². The maximum absolute atomic E-state index is 14.0. The zero-order valence-electron chi connectivity index (χ0n) is 13.0. The lowest BCUT2D eigenvalue weighted by Gasteiger charge is -2.09. The first-order valence-corrected chi connectivity index (χ1v) is 7.35. The van der Waals surface area contributed by atoms with E-state index >= 15 is 0 Å². The average Bonchev–Trinajstić information content (AvgIpc) is 3.09. The molecule has 1 aromatic heterocycles. The lowest BCUT2D eigenvalue weighted by molar-refractivity contribution is -0.140. The highest BCUT2D eigenvalue weighted by Crippen LogP contribution is 2.33. The smallest absolute Gasteiger partial charge is 0.247 e. The molecule has 0 saturated heterocycles. The van der Waals surface area contributed by atoms with Gasteiger partial charge < -0.3 is 0 Å². The van der Waals surface area contributed by atoms with Gasteiger partial charge in [-0.25, -0.2) is 9.49 Å². The first-order valence-electron chi connectivity index (χ1n) is 7.35. The topological polar surface area (TPSA) is 65.4 Å². The van der Waals surface area contributed by atoms with Crippen LogP contribution in [0.15, 0.2) is 42.5 Å². The third kappa shape index (κ3) is 3.47. The Kier molecular flexibility index (Phi) is 4.54. The number of hydrogen-bond acceptors (Lipinski definition) is 3. The summed E-state index contributed by atoms with van der Waals surface area (Å²) in [6.07, 6.45) is -2.01. The van der Waals surface area contributed by atoms with Gasteiger partial charge in [0.15, 0.2) is 5.69 Å². The van der Waals surface area contributed by atoms with Gasteiger partial charge in [-0.05, 0) is 17.7 Å². The van der Waals surface area contributed by atoms with E-state index in [1.54, 1.807) is 24.3 Å². The average molecular weight is 358 g/mol. The second kappa shape index (κ2) is 6.80. The van der Waals surface area contributed by atoms with E-state index in [9.17, 15) is 17.6 Å². The second-order valence-corrected chi connectivity index (χ2v) is 5.31. The molecule has 3 rings (SSSR count). The van der Waals surface area contributed by atoms with Crippen molar-refractivity contribution in [2.24, 2.45) is 0 Å².